The van der Waals surface area contributed by atoms with Crippen LogP contribution in [0.25, 0.3) is 0 Å². The van der Waals surface area contributed by atoms with Gasteiger partial charge in [0.25, 0.3) is 0 Å². The number of rotatable bonds is 4. The van der Waals surface area contributed by atoms with Crippen LogP contribution in [0, 0.1) is 11.3 Å². The molecule has 2 nitrogen and oxygen atoms in total. The average molecular weight is 257 g/mol. The predicted octanol–water partition coefficient (Wildman–Crippen LogP) is 4.14. The van der Waals surface area contributed by atoms with Crippen LogP contribution < -0.4 is 4.74 Å². The zero-order chi connectivity index (χ0) is 13.8. The number of alkyl halides is 3. The number of nitrogens with zero attached hydrogens (tertiary/aromatic N) is 1. The van der Waals surface area contributed by atoms with Crippen LogP contribution in [0.2, 0.25) is 0 Å². The van der Waals surface area contributed by atoms with Crippen molar-refractivity contribution >= 4 is 0 Å². The van der Waals surface area contributed by atoms with Gasteiger partial charge in [-0.05, 0) is 31.0 Å². The third-order valence-corrected chi connectivity index (χ3v) is 2.62. The summed E-state index contributed by atoms with van der Waals surface area (Å²) < 4.78 is 43.8. The standard InChI is InChI=1S/C13H14F3NO/c1-3-10(4-2)18-12-6-5-9(8-17)7-11(12)13(14,15)16/h5-7,10H,3-4H2,1-2H3. The number of halogens is 3. The van der Waals surface area contributed by atoms with Gasteiger partial charge < -0.3 is 4.74 Å². The maximum Gasteiger partial charge on any atom is 0.420 e. The Morgan fingerprint density at radius 3 is 2.33 bits per heavy atom. The van der Waals surface area contributed by atoms with Gasteiger partial charge in [0.15, 0.2) is 0 Å². The Balaban J connectivity index is 3.15. The Morgan fingerprint density at radius 1 is 1.28 bits per heavy atom. The number of nitriles is 1. The van der Waals surface area contributed by atoms with E-state index in [0.717, 1.165) is 6.07 Å². The Morgan fingerprint density at radius 2 is 1.89 bits per heavy atom. The van der Waals surface area contributed by atoms with Crippen molar-refractivity contribution in [1.29, 1.82) is 5.26 Å². The smallest absolute Gasteiger partial charge is 0.420 e. The second-order valence-electron chi connectivity index (χ2n) is 3.88. The molecule has 0 aromatic heterocycles. The highest BCUT2D eigenvalue weighted by Crippen LogP contribution is 2.37. The minimum absolute atomic E-state index is 0.0285. The van der Waals surface area contributed by atoms with Crippen LogP contribution in [0.3, 0.4) is 0 Å². The van der Waals surface area contributed by atoms with E-state index in [1.54, 1.807) is 6.07 Å². The Kier molecular flexibility index (Phi) is 4.60. The molecule has 0 aliphatic rings. The Bertz CT molecular complexity index is 445. The van der Waals surface area contributed by atoms with Crippen LogP contribution in [0.15, 0.2) is 18.2 Å². The van der Waals surface area contributed by atoms with E-state index >= 15 is 0 Å². The van der Waals surface area contributed by atoms with E-state index in [0.29, 0.717) is 12.8 Å². The third kappa shape index (κ3) is 3.39. The van der Waals surface area contributed by atoms with E-state index in [4.69, 9.17) is 10.00 Å². The lowest BCUT2D eigenvalue weighted by Gasteiger charge is -2.19. The molecule has 1 rings (SSSR count). The van der Waals surface area contributed by atoms with Crippen LogP contribution >= 0.6 is 0 Å². The first-order chi connectivity index (χ1) is 8.42. The summed E-state index contributed by atoms with van der Waals surface area (Å²) in [6.07, 6.45) is -3.51. The molecule has 0 fully saturated rings. The van der Waals surface area contributed by atoms with Gasteiger partial charge in [0.05, 0.1) is 23.3 Å². The molecule has 0 saturated carbocycles. The third-order valence-electron chi connectivity index (χ3n) is 2.62. The van der Waals surface area contributed by atoms with E-state index in [2.05, 4.69) is 0 Å². The van der Waals surface area contributed by atoms with Crippen molar-refractivity contribution in [3.63, 3.8) is 0 Å². The van der Waals surface area contributed by atoms with E-state index < -0.39 is 11.7 Å². The summed E-state index contributed by atoms with van der Waals surface area (Å²) >= 11 is 0. The second kappa shape index (κ2) is 5.76. The summed E-state index contributed by atoms with van der Waals surface area (Å²) in [5.41, 5.74) is -0.923. The van der Waals surface area contributed by atoms with Crippen molar-refractivity contribution in [1.82, 2.24) is 0 Å². The molecule has 0 saturated heterocycles. The van der Waals surface area contributed by atoms with Gasteiger partial charge in [0.1, 0.15) is 5.75 Å². The number of hydrogen-bond donors (Lipinski definition) is 0. The maximum absolute atomic E-state index is 12.8. The van der Waals surface area contributed by atoms with Crippen LogP contribution in [0.4, 0.5) is 13.2 Å². The minimum atomic E-state index is -4.52. The topological polar surface area (TPSA) is 33.0 Å². The molecule has 0 heterocycles. The first-order valence-corrected chi connectivity index (χ1v) is 5.70. The van der Waals surface area contributed by atoms with Crippen molar-refractivity contribution in [3.05, 3.63) is 29.3 Å². The van der Waals surface area contributed by atoms with Gasteiger partial charge in [-0.1, -0.05) is 13.8 Å². The largest absolute Gasteiger partial charge is 0.490 e. The van der Waals surface area contributed by atoms with Crippen LogP contribution in [-0.2, 0) is 6.18 Å². The Hall–Kier alpha value is -1.70. The van der Waals surface area contributed by atoms with Crippen molar-refractivity contribution < 1.29 is 17.9 Å². The lowest BCUT2D eigenvalue weighted by Crippen LogP contribution is -2.17. The molecular weight excluding hydrogens is 243 g/mol. The highest BCUT2D eigenvalue weighted by atomic mass is 19.4. The summed E-state index contributed by atoms with van der Waals surface area (Å²) in [5.74, 6) is -0.213. The lowest BCUT2D eigenvalue weighted by molar-refractivity contribution is -0.139. The summed E-state index contributed by atoms with van der Waals surface area (Å²) in [6, 6.07) is 5.04. The molecule has 0 bridgehead atoms. The summed E-state index contributed by atoms with van der Waals surface area (Å²) in [6.45, 7) is 3.70. The van der Waals surface area contributed by atoms with Gasteiger partial charge in [-0.3, -0.25) is 0 Å². The van der Waals surface area contributed by atoms with Crippen molar-refractivity contribution in [2.24, 2.45) is 0 Å². The molecule has 0 radical (unpaired) electrons. The molecule has 0 atom stereocenters. The fourth-order valence-electron chi connectivity index (χ4n) is 1.56. The molecule has 1 aromatic carbocycles. The van der Waals surface area contributed by atoms with Crippen molar-refractivity contribution in [2.45, 2.75) is 39.0 Å². The maximum atomic E-state index is 12.8. The monoisotopic (exact) mass is 257 g/mol. The van der Waals surface area contributed by atoms with Crippen molar-refractivity contribution in [3.8, 4) is 11.8 Å². The molecule has 0 aliphatic heterocycles. The van der Waals surface area contributed by atoms with Gasteiger partial charge in [-0.2, -0.15) is 18.4 Å². The fraction of sp³-hybridized carbons (Fsp3) is 0.462. The molecule has 0 aliphatic carbocycles. The van der Waals surface area contributed by atoms with E-state index in [1.165, 1.54) is 12.1 Å². The van der Waals surface area contributed by atoms with Crippen LogP contribution in [0.1, 0.15) is 37.8 Å². The first kappa shape index (κ1) is 14.4. The summed E-state index contributed by atoms with van der Waals surface area (Å²) in [5, 5.41) is 8.63. The molecule has 18 heavy (non-hydrogen) atoms. The fourth-order valence-corrected chi connectivity index (χ4v) is 1.56. The summed E-state index contributed by atoms with van der Waals surface area (Å²) in [7, 11) is 0. The number of ether oxygens (including phenoxy) is 1. The summed E-state index contributed by atoms with van der Waals surface area (Å²) in [4.78, 5) is 0. The van der Waals surface area contributed by atoms with Gasteiger partial charge in [-0.15, -0.1) is 0 Å². The molecule has 1 aromatic rings. The van der Waals surface area contributed by atoms with Gasteiger partial charge in [-0.25, -0.2) is 0 Å². The van der Waals surface area contributed by atoms with Gasteiger partial charge in [0, 0.05) is 0 Å². The number of benzene rings is 1. The minimum Gasteiger partial charge on any atom is -0.490 e. The van der Waals surface area contributed by atoms with Crippen LogP contribution in [0.5, 0.6) is 5.75 Å². The van der Waals surface area contributed by atoms with E-state index in [-0.39, 0.29) is 17.4 Å². The molecule has 0 spiro atoms. The normalized spacial score (nSPS) is 11.4. The Labute approximate surface area is 104 Å². The SMILES string of the molecule is CCC(CC)Oc1ccc(C#N)cc1C(F)(F)F. The first-order valence-electron chi connectivity index (χ1n) is 5.70. The lowest BCUT2D eigenvalue weighted by atomic mass is 10.1. The van der Waals surface area contributed by atoms with Gasteiger partial charge >= 0.3 is 6.18 Å². The second-order valence-corrected chi connectivity index (χ2v) is 3.88. The van der Waals surface area contributed by atoms with Crippen LogP contribution in [-0.4, -0.2) is 6.10 Å². The molecule has 98 valence electrons. The molecule has 0 amide bonds. The highest BCUT2D eigenvalue weighted by Gasteiger charge is 2.35. The van der Waals surface area contributed by atoms with Crippen molar-refractivity contribution in [2.75, 3.05) is 0 Å². The molecule has 0 N–H and O–H groups in total. The zero-order valence-corrected chi connectivity index (χ0v) is 10.2. The average Bonchev–Trinajstić information content (AvgIpc) is 2.34. The van der Waals surface area contributed by atoms with E-state index in [1.807, 2.05) is 13.8 Å². The zero-order valence-electron chi connectivity index (χ0n) is 10.2. The number of hydrogen-bond acceptors (Lipinski definition) is 2. The predicted molar refractivity (Wildman–Crippen MR) is 61.2 cm³/mol. The molecule has 0 unspecified atom stereocenters. The molecular formula is C13H14F3NO. The highest BCUT2D eigenvalue weighted by molar-refractivity contribution is 5.43. The van der Waals surface area contributed by atoms with Gasteiger partial charge in [0.2, 0.25) is 0 Å². The molecule has 5 heteroatoms. The van der Waals surface area contributed by atoms with E-state index in [9.17, 15) is 13.2 Å². The quantitative estimate of drug-likeness (QED) is 0.811.